The molecule has 23 heavy (non-hydrogen) atoms. The Balaban J connectivity index is 2.01. The lowest BCUT2D eigenvalue weighted by Gasteiger charge is -2.05. The second-order valence-electron chi connectivity index (χ2n) is 5.21. The Labute approximate surface area is 138 Å². The lowest BCUT2D eigenvalue weighted by Crippen LogP contribution is -2.11. The smallest absolute Gasteiger partial charge is 0.0836 e. The average molecular weight is 317 g/mol. The predicted octanol–water partition coefficient (Wildman–Crippen LogP) is 4.75. The minimum atomic E-state index is -2.48. The average Bonchev–Trinajstić information content (AvgIpc) is 2.63. The monoisotopic (exact) mass is 317 g/mol. The quantitative estimate of drug-likeness (QED) is 0.503. The molecule has 3 aromatic rings. The first-order valence-electron chi connectivity index (χ1n) is 7.45. The van der Waals surface area contributed by atoms with E-state index in [1.54, 1.807) is 0 Å². The molecule has 1 atom stereocenters. The lowest BCUT2D eigenvalue weighted by atomic mass is 10.2. The summed E-state index contributed by atoms with van der Waals surface area (Å²) in [7, 11) is -2.48. The van der Waals surface area contributed by atoms with Gasteiger partial charge >= 0.3 is 0 Å². The molecule has 3 aromatic carbocycles. The Morgan fingerprint density at radius 2 is 1.22 bits per heavy atom. The highest BCUT2D eigenvalue weighted by Gasteiger charge is 2.30. The molecule has 0 saturated carbocycles. The van der Waals surface area contributed by atoms with Crippen molar-refractivity contribution in [2.45, 2.75) is 10.6 Å². The fraction of sp³-hybridized carbons (Fsp3) is 0.0476. The third kappa shape index (κ3) is 3.97. The van der Waals surface area contributed by atoms with E-state index in [-0.39, 0.29) is 0 Å². The van der Waals surface area contributed by atoms with Crippen molar-refractivity contribution in [1.82, 2.24) is 0 Å². The first-order valence-corrected chi connectivity index (χ1v) is 9.18. The third-order valence-electron chi connectivity index (χ3n) is 3.47. The molecular formula is C21H17OS+. The molecule has 0 aliphatic heterocycles. The van der Waals surface area contributed by atoms with Crippen molar-refractivity contribution >= 4 is 9.93 Å². The van der Waals surface area contributed by atoms with Crippen molar-refractivity contribution in [2.75, 3.05) is 0 Å². The number of hydrogen-bond donors (Lipinski definition) is 0. The molecule has 0 aliphatic carbocycles. The summed E-state index contributed by atoms with van der Waals surface area (Å²) in [6.45, 7) is 0. The van der Waals surface area contributed by atoms with Crippen molar-refractivity contribution in [1.29, 1.82) is 0 Å². The molecule has 0 aromatic heterocycles. The van der Waals surface area contributed by atoms with Gasteiger partial charge < -0.3 is 0 Å². The molecule has 0 fully saturated rings. The van der Waals surface area contributed by atoms with Crippen molar-refractivity contribution < 1.29 is 4.21 Å². The minimum Gasteiger partial charge on any atom is -0.0836 e. The number of hydrogen-bond acceptors (Lipinski definition) is 1. The molecule has 0 N–H and O–H groups in total. The zero-order valence-electron chi connectivity index (χ0n) is 12.7. The highest BCUT2D eigenvalue weighted by Crippen LogP contribution is 2.23. The van der Waals surface area contributed by atoms with E-state index >= 15 is 0 Å². The van der Waals surface area contributed by atoms with Crippen LogP contribution in [0.15, 0.2) is 95.9 Å². The highest BCUT2D eigenvalue weighted by molar-refractivity contribution is 8.06. The molecule has 0 amide bonds. The van der Waals surface area contributed by atoms with E-state index in [2.05, 4.69) is 11.2 Å². The van der Waals surface area contributed by atoms with E-state index in [0.717, 1.165) is 16.0 Å². The van der Waals surface area contributed by atoms with Crippen LogP contribution in [0.1, 0.15) is 11.1 Å². The molecule has 0 heterocycles. The van der Waals surface area contributed by atoms with Gasteiger partial charge in [0.05, 0.1) is 0 Å². The Bertz CT molecular complexity index is 859. The highest BCUT2D eigenvalue weighted by atomic mass is 32.2. The molecule has 3 rings (SSSR count). The minimum absolute atomic E-state index is 0.428. The van der Waals surface area contributed by atoms with Crippen molar-refractivity contribution in [3.8, 4) is 11.2 Å². The molecular weight excluding hydrogens is 300 g/mol. The van der Waals surface area contributed by atoms with Crippen LogP contribution in [0.5, 0.6) is 0 Å². The fourth-order valence-corrected chi connectivity index (χ4v) is 4.19. The standard InChI is InChI=1S/C21H17OS/c22-23(21-14-8-3-9-15-21,18-20-12-6-2-7-13-20)17-16-19-10-4-1-5-11-19/h1-15H,18H2/q+1. The van der Waals surface area contributed by atoms with E-state index in [9.17, 15) is 4.21 Å². The molecule has 0 spiro atoms. The Morgan fingerprint density at radius 1 is 0.696 bits per heavy atom. The number of rotatable bonds is 3. The van der Waals surface area contributed by atoms with Gasteiger partial charge in [-0.2, -0.15) is 0 Å². The van der Waals surface area contributed by atoms with Crippen LogP contribution in [-0.2, 0) is 19.9 Å². The van der Waals surface area contributed by atoms with Gasteiger partial charge in [0.1, 0.15) is 0 Å². The van der Waals surface area contributed by atoms with E-state index in [1.807, 2.05) is 91.0 Å². The largest absolute Gasteiger partial charge is 0.197 e. The van der Waals surface area contributed by atoms with Crippen LogP contribution in [-0.4, -0.2) is 0 Å². The topological polar surface area (TPSA) is 17.1 Å². The SMILES string of the molecule is O=[S+](C#Cc1ccccc1)(Cc1ccccc1)c1ccccc1. The second-order valence-corrected chi connectivity index (χ2v) is 7.53. The summed E-state index contributed by atoms with van der Waals surface area (Å²) in [4.78, 5) is 0.785. The van der Waals surface area contributed by atoms with Crippen LogP contribution in [0.3, 0.4) is 0 Å². The normalized spacial score (nSPS) is 12.7. The van der Waals surface area contributed by atoms with Gasteiger partial charge in [0.2, 0.25) is 0 Å². The van der Waals surface area contributed by atoms with E-state index in [0.29, 0.717) is 5.75 Å². The molecule has 112 valence electrons. The van der Waals surface area contributed by atoms with Crippen LogP contribution >= 0.6 is 0 Å². The fourth-order valence-electron chi connectivity index (χ4n) is 2.29. The Morgan fingerprint density at radius 3 is 1.83 bits per heavy atom. The van der Waals surface area contributed by atoms with Crippen molar-refractivity contribution in [3.05, 3.63) is 102 Å². The first-order chi connectivity index (χ1) is 11.3. The molecule has 0 bridgehead atoms. The summed E-state index contributed by atoms with van der Waals surface area (Å²) < 4.78 is 13.6. The van der Waals surface area contributed by atoms with E-state index < -0.39 is 9.93 Å². The number of benzene rings is 3. The lowest BCUT2D eigenvalue weighted by molar-refractivity contribution is 0.590. The van der Waals surface area contributed by atoms with Gasteiger partial charge in [-0.05, 0) is 30.2 Å². The zero-order valence-corrected chi connectivity index (χ0v) is 13.5. The summed E-state index contributed by atoms with van der Waals surface area (Å²) in [6.07, 6.45) is 0. The molecule has 1 nitrogen and oxygen atoms in total. The van der Waals surface area contributed by atoms with Gasteiger partial charge in [-0.25, -0.2) is 0 Å². The molecule has 2 heteroatoms. The van der Waals surface area contributed by atoms with Gasteiger partial charge in [-0.15, -0.1) is 0 Å². The maximum Gasteiger partial charge on any atom is 0.197 e. The van der Waals surface area contributed by atoms with Crippen molar-refractivity contribution in [3.63, 3.8) is 0 Å². The van der Waals surface area contributed by atoms with Gasteiger partial charge in [0.25, 0.3) is 0 Å². The van der Waals surface area contributed by atoms with E-state index in [4.69, 9.17) is 0 Å². The van der Waals surface area contributed by atoms with Crippen LogP contribution in [0.2, 0.25) is 0 Å². The van der Waals surface area contributed by atoms with Gasteiger partial charge in [-0.1, -0.05) is 70.9 Å². The predicted molar refractivity (Wildman–Crippen MR) is 96.2 cm³/mol. The van der Waals surface area contributed by atoms with Gasteiger partial charge in [0, 0.05) is 11.1 Å². The van der Waals surface area contributed by atoms with Crippen LogP contribution < -0.4 is 0 Å². The van der Waals surface area contributed by atoms with Crippen LogP contribution in [0.4, 0.5) is 0 Å². The maximum atomic E-state index is 13.6. The second kappa shape index (κ2) is 7.09. The summed E-state index contributed by atoms with van der Waals surface area (Å²) >= 11 is 0. The Kier molecular flexibility index (Phi) is 4.71. The maximum absolute atomic E-state index is 13.6. The summed E-state index contributed by atoms with van der Waals surface area (Å²) in [5, 5.41) is 3.05. The third-order valence-corrected chi connectivity index (χ3v) is 5.68. The van der Waals surface area contributed by atoms with Gasteiger partial charge in [-0.3, -0.25) is 0 Å². The summed E-state index contributed by atoms with van der Waals surface area (Å²) in [5.41, 5.74) is 1.91. The van der Waals surface area contributed by atoms with Crippen molar-refractivity contribution in [2.24, 2.45) is 0 Å². The molecule has 0 radical (unpaired) electrons. The molecule has 0 aliphatic rings. The first kappa shape index (κ1) is 15.3. The summed E-state index contributed by atoms with van der Waals surface area (Å²) in [6, 6.07) is 29.1. The van der Waals surface area contributed by atoms with Gasteiger partial charge in [0.15, 0.2) is 25.8 Å². The zero-order chi connectivity index (χ0) is 16.0. The Hall–Kier alpha value is -2.63. The molecule has 1 unspecified atom stereocenters. The van der Waals surface area contributed by atoms with E-state index in [1.165, 1.54) is 0 Å². The van der Waals surface area contributed by atoms with Crippen LogP contribution in [0.25, 0.3) is 0 Å². The summed E-state index contributed by atoms with van der Waals surface area (Å²) in [5.74, 6) is 3.51. The molecule has 0 saturated heterocycles. The van der Waals surface area contributed by atoms with Crippen LogP contribution in [0, 0.1) is 11.2 Å².